The molecule has 0 aliphatic heterocycles. The van der Waals surface area contributed by atoms with Crippen LogP contribution in [0.3, 0.4) is 0 Å². The summed E-state index contributed by atoms with van der Waals surface area (Å²) in [7, 11) is 0. The van der Waals surface area contributed by atoms with Crippen molar-refractivity contribution in [3.05, 3.63) is 18.6 Å². The lowest BCUT2D eigenvalue weighted by atomic mass is 10.1. The molecule has 0 amide bonds. The molecule has 1 aromatic rings. The molecule has 1 fully saturated rings. The van der Waals surface area contributed by atoms with E-state index in [-0.39, 0.29) is 0 Å². The van der Waals surface area contributed by atoms with Gasteiger partial charge in [0, 0.05) is 6.20 Å². The second-order valence-corrected chi connectivity index (χ2v) is 3.55. The number of nitrogens with one attached hydrogen (secondary N) is 1. The maximum absolute atomic E-state index is 9.99. The quantitative estimate of drug-likeness (QED) is 0.584. The van der Waals surface area contributed by atoms with Gasteiger partial charge in [0.1, 0.15) is 18.2 Å². The summed E-state index contributed by atoms with van der Waals surface area (Å²) in [5.74, 6) is 0.531. The van der Waals surface area contributed by atoms with Gasteiger partial charge in [0.15, 0.2) is 5.72 Å². The van der Waals surface area contributed by atoms with E-state index in [9.17, 15) is 10.2 Å². The molecule has 1 aliphatic rings. The Labute approximate surface area is 81.8 Å². The van der Waals surface area contributed by atoms with Crippen LogP contribution in [0.25, 0.3) is 0 Å². The van der Waals surface area contributed by atoms with E-state index in [0.717, 1.165) is 6.42 Å². The maximum atomic E-state index is 9.99. The molecule has 5 heteroatoms. The van der Waals surface area contributed by atoms with Gasteiger partial charge in [0.05, 0.1) is 0 Å². The zero-order valence-electron chi connectivity index (χ0n) is 7.72. The van der Waals surface area contributed by atoms with Gasteiger partial charge in [-0.15, -0.1) is 0 Å². The minimum absolute atomic E-state index is 0.531. The summed E-state index contributed by atoms with van der Waals surface area (Å²) in [6.07, 6.45) is 4.23. The van der Waals surface area contributed by atoms with Crippen LogP contribution in [0.4, 0.5) is 5.82 Å². The summed E-state index contributed by atoms with van der Waals surface area (Å²) in [5.41, 5.74) is -1.23. The number of hydrogen-bond acceptors (Lipinski definition) is 5. The fourth-order valence-electron chi connectivity index (χ4n) is 1.70. The number of hydrogen-bond donors (Lipinski definition) is 3. The SMILES string of the molecule is OC1CCCC1(O)Nc1ccncn1. The summed E-state index contributed by atoms with van der Waals surface area (Å²) < 4.78 is 0. The minimum atomic E-state index is -1.23. The van der Waals surface area contributed by atoms with E-state index in [4.69, 9.17) is 0 Å². The van der Waals surface area contributed by atoms with Crippen LogP contribution in [0.5, 0.6) is 0 Å². The summed E-state index contributed by atoms with van der Waals surface area (Å²) >= 11 is 0. The van der Waals surface area contributed by atoms with E-state index in [2.05, 4.69) is 15.3 Å². The van der Waals surface area contributed by atoms with Gasteiger partial charge in [0.25, 0.3) is 0 Å². The number of aliphatic hydroxyl groups excluding tert-OH is 1. The van der Waals surface area contributed by atoms with Gasteiger partial charge in [-0.05, 0) is 25.3 Å². The molecule has 0 radical (unpaired) electrons. The van der Waals surface area contributed by atoms with Crippen LogP contribution in [0.1, 0.15) is 19.3 Å². The Morgan fingerprint density at radius 3 is 3.00 bits per heavy atom. The van der Waals surface area contributed by atoms with Crippen molar-refractivity contribution in [2.45, 2.75) is 31.1 Å². The number of nitrogens with zero attached hydrogens (tertiary/aromatic N) is 2. The highest BCUT2D eigenvalue weighted by atomic mass is 16.4. The van der Waals surface area contributed by atoms with Crippen molar-refractivity contribution in [3.8, 4) is 0 Å². The van der Waals surface area contributed by atoms with Crippen molar-refractivity contribution in [2.75, 3.05) is 5.32 Å². The van der Waals surface area contributed by atoms with Crippen LogP contribution >= 0.6 is 0 Å². The Kier molecular flexibility index (Phi) is 2.35. The highest BCUT2D eigenvalue weighted by molar-refractivity contribution is 5.35. The number of anilines is 1. The number of aromatic nitrogens is 2. The molecule has 2 atom stereocenters. The van der Waals surface area contributed by atoms with Crippen molar-refractivity contribution < 1.29 is 10.2 Å². The third kappa shape index (κ3) is 1.69. The van der Waals surface area contributed by atoms with E-state index in [1.807, 2.05) is 0 Å². The molecule has 1 heterocycles. The van der Waals surface area contributed by atoms with Crippen LogP contribution in [-0.4, -0.2) is 32.0 Å². The molecule has 0 bridgehead atoms. The van der Waals surface area contributed by atoms with Crippen molar-refractivity contribution >= 4 is 5.82 Å². The largest absolute Gasteiger partial charge is 0.388 e. The first-order valence-corrected chi connectivity index (χ1v) is 4.65. The molecular weight excluding hydrogens is 182 g/mol. The molecule has 3 N–H and O–H groups in total. The minimum Gasteiger partial charge on any atom is -0.388 e. The van der Waals surface area contributed by atoms with Gasteiger partial charge in [-0.2, -0.15) is 0 Å². The van der Waals surface area contributed by atoms with Crippen LogP contribution < -0.4 is 5.32 Å². The summed E-state index contributed by atoms with van der Waals surface area (Å²) in [5, 5.41) is 22.4. The zero-order valence-corrected chi connectivity index (χ0v) is 7.72. The van der Waals surface area contributed by atoms with Crippen molar-refractivity contribution in [3.63, 3.8) is 0 Å². The van der Waals surface area contributed by atoms with Gasteiger partial charge in [0.2, 0.25) is 0 Å². The molecule has 2 rings (SSSR count). The summed E-state index contributed by atoms with van der Waals surface area (Å²) in [6.45, 7) is 0. The Morgan fingerprint density at radius 1 is 1.57 bits per heavy atom. The van der Waals surface area contributed by atoms with Gasteiger partial charge in [-0.3, -0.25) is 0 Å². The van der Waals surface area contributed by atoms with E-state index in [0.29, 0.717) is 18.7 Å². The molecule has 1 aromatic heterocycles. The van der Waals surface area contributed by atoms with E-state index >= 15 is 0 Å². The fraction of sp³-hybridized carbons (Fsp3) is 0.556. The Bertz CT molecular complexity index is 306. The molecule has 2 unspecified atom stereocenters. The molecule has 0 aromatic carbocycles. The Hall–Kier alpha value is -1.20. The Morgan fingerprint density at radius 2 is 2.43 bits per heavy atom. The lowest BCUT2D eigenvalue weighted by Crippen LogP contribution is -2.45. The summed E-state index contributed by atoms with van der Waals surface area (Å²) in [4.78, 5) is 7.69. The zero-order chi connectivity index (χ0) is 10.0. The molecule has 0 saturated heterocycles. The third-order valence-electron chi connectivity index (χ3n) is 2.51. The molecule has 5 nitrogen and oxygen atoms in total. The molecular formula is C9H13N3O2. The topological polar surface area (TPSA) is 78.3 Å². The van der Waals surface area contributed by atoms with Crippen LogP contribution in [0.15, 0.2) is 18.6 Å². The monoisotopic (exact) mass is 195 g/mol. The molecule has 1 aliphatic carbocycles. The van der Waals surface area contributed by atoms with Crippen molar-refractivity contribution in [1.82, 2.24) is 9.97 Å². The molecule has 14 heavy (non-hydrogen) atoms. The molecule has 1 saturated carbocycles. The predicted molar refractivity (Wildman–Crippen MR) is 50.5 cm³/mol. The standard InChI is InChI=1S/C9H13N3O2/c13-7-2-1-4-9(7,14)12-8-3-5-10-6-11-8/h3,5-7,13-14H,1-2,4H2,(H,10,11,12). The molecule has 0 spiro atoms. The number of aliphatic hydroxyl groups is 2. The normalized spacial score (nSPS) is 31.7. The second-order valence-electron chi connectivity index (χ2n) is 3.55. The average Bonchev–Trinajstić information content (AvgIpc) is 2.48. The van der Waals surface area contributed by atoms with Gasteiger partial charge in [-0.1, -0.05) is 0 Å². The smallest absolute Gasteiger partial charge is 0.162 e. The maximum Gasteiger partial charge on any atom is 0.162 e. The first-order chi connectivity index (χ1) is 6.71. The fourth-order valence-corrected chi connectivity index (χ4v) is 1.70. The van der Waals surface area contributed by atoms with Crippen LogP contribution in [0, 0.1) is 0 Å². The highest BCUT2D eigenvalue weighted by Crippen LogP contribution is 2.30. The van der Waals surface area contributed by atoms with Crippen LogP contribution in [-0.2, 0) is 0 Å². The van der Waals surface area contributed by atoms with Crippen LogP contribution in [0.2, 0.25) is 0 Å². The lowest BCUT2D eigenvalue weighted by Gasteiger charge is -2.28. The summed E-state index contributed by atoms with van der Waals surface area (Å²) in [6, 6.07) is 1.66. The van der Waals surface area contributed by atoms with E-state index in [1.165, 1.54) is 6.33 Å². The Balaban J connectivity index is 2.10. The van der Waals surface area contributed by atoms with Gasteiger partial charge in [-0.25, -0.2) is 9.97 Å². The lowest BCUT2D eigenvalue weighted by molar-refractivity contribution is -0.0311. The van der Waals surface area contributed by atoms with E-state index < -0.39 is 11.8 Å². The van der Waals surface area contributed by atoms with Gasteiger partial charge < -0.3 is 15.5 Å². The average molecular weight is 195 g/mol. The first kappa shape index (κ1) is 9.36. The van der Waals surface area contributed by atoms with Crippen molar-refractivity contribution in [1.29, 1.82) is 0 Å². The van der Waals surface area contributed by atoms with E-state index in [1.54, 1.807) is 12.3 Å². The predicted octanol–water partition coefficient (Wildman–Crippen LogP) is 0.122. The first-order valence-electron chi connectivity index (χ1n) is 4.65. The second kappa shape index (κ2) is 3.51. The molecule has 76 valence electrons. The number of rotatable bonds is 2. The highest BCUT2D eigenvalue weighted by Gasteiger charge is 2.40. The third-order valence-corrected chi connectivity index (χ3v) is 2.51. The van der Waals surface area contributed by atoms with Crippen molar-refractivity contribution in [2.24, 2.45) is 0 Å². The van der Waals surface area contributed by atoms with Gasteiger partial charge >= 0.3 is 0 Å².